The van der Waals surface area contributed by atoms with Crippen LogP contribution in [0.3, 0.4) is 0 Å². The Labute approximate surface area is 159 Å². The molecule has 2 amide bonds. The number of hydrogen-bond acceptors (Lipinski definition) is 5. The van der Waals surface area contributed by atoms with E-state index in [9.17, 15) is 14.4 Å². The highest BCUT2D eigenvalue weighted by Crippen LogP contribution is 2.35. The number of anilines is 1. The number of ketones is 1. The number of rotatable bonds is 5. The zero-order valence-corrected chi connectivity index (χ0v) is 16.0. The second-order valence-corrected chi connectivity index (χ2v) is 7.02. The first kappa shape index (κ1) is 19.4. The lowest BCUT2D eigenvalue weighted by molar-refractivity contribution is -0.133. The van der Waals surface area contributed by atoms with Crippen LogP contribution in [-0.4, -0.2) is 61.3 Å². The third-order valence-electron chi connectivity index (χ3n) is 4.95. The smallest absolute Gasteiger partial charge is 0.268 e. The predicted molar refractivity (Wildman–Crippen MR) is 102 cm³/mol. The fourth-order valence-corrected chi connectivity index (χ4v) is 3.45. The van der Waals surface area contributed by atoms with Crippen molar-refractivity contribution in [1.29, 1.82) is 0 Å². The summed E-state index contributed by atoms with van der Waals surface area (Å²) in [6.45, 7) is 6.55. The van der Waals surface area contributed by atoms with Crippen molar-refractivity contribution in [2.75, 3.05) is 37.6 Å². The molecule has 7 heteroatoms. The summed E-state index contributed by atoms with van der Waals surface area (Å²) in [5, 5.41) is 3.27. The van der Waals surface area contributed by atoms with Crippen LogP contribution in [0.15, 0.2) is 18.2 Å². The van der Waals surface area contributed by atoms with Crippen LogP contribution in [0.2, 0.25) is 0 Å². The van der Waals surface area contributed by atoms with Gasteiger partial charge in [-0.05, 0) is 44.5 Å². The van der Waals surface area contributed by atoms with Crippen molar-refractivity contribution in [3.8, 4) is 5.75 Å². The molecular weight excluding hydrogens is 346 g/mol. The maximum absolute atomic E-state index is 12.8. The van der Waals surface area contributed by atoms with Crippen LogP contribution in [0.4, 0.5) is 5.69 Å². The number of benzene rings is 1. The van der Waals surface area contributed by atoms with Gasteiger partial charge in [0.2, 0.25) is 5.91 Å². The molecule has 7 nitrogen and oxygen atoms in total. The second kappa shape index (κ2) is 8.52. The van der Waals surface area contributed by atoms with Gasteiger partial charge in [0.15, 0.2) is 11.9 Å². The van der Waals surface area contributed by atoms with Crippen molar-refractivity contribution in [2.45, 2.75) is 39.2 Å². The highest BCUT2D eigenvalue weighted by Gasteiger charge is 2.34. The standard InChI is InChI=1S/C20H27N3O4/c1-3-5-17(24)15-6-7-18-16(12-15)23(20(26)14(2)27-18)13-19(25)22-10-4-8-21-9-11-22/h6-7,12,14,21H,3-5,8-11,13H2,1-2H3. The molecule has 1 atom stereocenters. The Morgan fingerprint density at radius 3 is 2.85 bits per heavy atom. The van der Waals surface area contributed by atoms with Crippen LogP contribution >= 0.6 is 0 Å². The minimum absolute atomic E-state index is 0.0243. The van der Waals surface area contributed by atoms with Gasteiger partial charge in [0.1, 0.15) is 12.3 Å². The summed E-state index contributed by atoms with van der Waals surface area (Å²) in [6, 6.07) is 5.11. The van der Waals surface area contributed by atoms with Crippen molar-refractivity contribution >= 4 is 23.3 Å². The predicted octanol–water partition coefficient (Wildman–Crippen LogP) is 1.61. The quantitative estimate of drug-likeness (QED) is 0.794. The van der Waals surface area contributed by atoms with Crippen LogP contribution in [0.25, 0.3) is 0 Å². The van der Waals surface area contributed by atoms with Crippen LogP contribution in [0, 0.1) is 0 Å². The van der Waals surface area contributed by atoms with Crippen LogP contribution in [0.1, 0.15) is 43.5 Å². The molecule has 27 heavy (non-hydrogen) atoms. The molecule has 1 aromatic carbocycles. The summed E-state index contributed by atoms with van der Waals surface area (Å²) >= 11 is 0. The number of fused-ring (bicyclic) bond motifs is 1. The highest BCUT2D eigenvalue weighted by atomic mass is 16.5. The lowest BCUT2D eigenvalue weighted by Crippen LogP contribution is -2.50. The van der Waals surface area contributed by atoms with Gasteiger partial charge >= 0.3 is 0 Å². The molecule has 0 bridgehead atoms. The van der Waals surface area contributed by atoms with Crippen molar-refractivity contribution < 1.29 is 19.1 Å². The van der Waals surface area contributed by atoms with E-state index in [4.69, 9.17) is 4.74 Å². The number of amides is 2. The Morgan fingerprint density at radius 2 is 2.07 bits per heavy atom. The number of nitrogens with one attached hydrogen (secondary N) is 1. The Bertz CT molecular complexity index is 726. The van der Waals surface area contributed by atoms with Gasteiger partial charge in [-0.2, -0.15) is 0 Å². The summed E-state index contributed by atoms with van der Waals surface area (Å²) in [4.78, 5) is 41.0. The van der Waals surface area contributed by atoms with Gasteiger partial charge in [-0.25, -0.2) is 0 Å². The molecule has 0 aromatic heterocycles. The normalized spacial score (nSPS) is 19.9. The second-order valence-electron chi connectivity index (χ2n) is 7.02. The maximum Gasteiger partial charge on any atom is 0.268 e. The molecule has 0 aliphatic carbocycles. The summed E-state index contributed by atoms with van der Waals surface area (Å²) < 4.78 is 5.68. The Balaban J connectivity index is 1.85. The van der Waals surface area contributed by atoms with E-state index in [0.29, 0.717) is 36.5 Å². The topological polar surface area (TPSA) is 79.0 Å². The van der Waals surface area contributed by atoms with E-state index in [1.54, 1.807) is 30.0 Å². The Kier molecular flexibility index (Phi) is 6.11. The number of ether oxygens (including phenoxy) is 1. The summed E-state index contributed by atoms with van der Waals surface area (Å²) in [6.07, 6.45) is 1.44. The molecule has 1 aromatic rings. The van der Waals surface area contributed by atoms with Gasteiger partial charge in [-0.15, -0.1) is 0 Å². The fourth-order valence-electron chi connectivity index (χ4n) is 3.45. The van der Waals surface area contributed by atoms with E-state index in [1.807, 2.05) is 6.92 Å². The summed E-state index contributed by atoms with van der Waals surface area (Å²) in [5.41, 5.74) is 1.04. The highest BCUT2D eigenvalue weighted by molar-refractivity contribution is 6.05. The molecule has 2 aliphatic heterocycles. The molecule has 0 spiro atoms. The molecule has 1 fully saturated rings. The number of nitrogens with zero attached hydrogens (tertiary/aromatic N) is 2. The Hall–Kier alpha value is -2.41. The molecule has 2 aliphatic rings. The number of hydrogen-bond donors (Lipinski definition) is 1. The van der Waals surface area contributed by atoms with Gasteiger partial charge < -0.3 is 15.0 Å². The van der Waals surface area contributed by atoms with Gasteiger partial charge in [-0.1, -0.05) is 6.92 Å². The van der Waals surface area contributed by atoms with E-state index in [-0.39, 0.29) is 24.1 Å². The van der Waals surface area contributed by atoms with Crippen molar-refractivity contribution in [3.05, 3.63) is 23.8 Å². The van der Waals surface area contributed by atoms with Crippen LogP contribution in [0.5, 0.6) is 5.75 Å². The van der Waals surface area contributed by atoms with E-state index in [0.717, 1.165) is 25.9 Å². The third kappa shape index (κ3) is 4.30. The van der Waals surface area contributed by atoms with Gasteiger partial charge in [0, 0.05) is 31.6 Å². The number of Topliss-reactive ketones (excluding diaryl/α,β-unsaturated/α-hetero) is 1. The summed E-state index contributed by atoms with van der Waals surface area (Å²) in [7, 11) is 0. The number of carbonyl (C=O) groups is 3. The van der Waals surface area contributed by atoms with E-state index in [2.05, 4.69) is 5.32 Å². The molecule has 1 unspecified atom stereocenters. The van der Waals surface area contributed by atoms with E-state index in [1.165, 1.54) is 4.90 Å². The Morgan fingerprint density at radius 1 is 1.26 bits per heavy atom. The minimum atomic E-state index is -0.659. The lowest BCUT2D eigenvalue weighted by atomic mass is 10.0. The SMILES string of the molecule is CCCC(=O)c1ccc2c(c1)N(CC(=O)N1CCCNCC1)C(=O)C(C)O2. The third-order valence-corrected chi connectivity index (χ3v) is 4.95. The molecule has 3 rings (SSSR count). The molecule has 146 valence electrons. The van der Waals surface area contributed by atoms with Crippen molar-refractivity contribution in [3.63, 3.8) is 0 Å². The van der Waals surface area contributed by atoms with Gasteiger partial charge in [-0.3, -0.25) is 19.3 Å². The average molecular weight is 373 g/mol. The number of carbonyl (C=O) groups excluding carboxylic acids is 3. The van der Waals surface area contributed by atoms with Gasteiger partial charge in [0.05, 0.1) is 5.69 Å². The van der Waals surface area contributed by atoms with E-state index >= 15 is 0 Å². The zero-order chi connectivity index (χ0) is 19.4. The molecule has 0 radical (unpaired) electrons. The zero-order valence-electron chi connectivity index (χ0n) is 16.0. The fraction of sp³-hybridized carbons (Fsp3) is 0.550. The van der Waals surface area contributed by atoms with Crippen LogP contribution in [-0.2, 0) is 9.59 Å². The molecule has 1 saturated heterocycles. The molecule has 0 saturated carbocycles. The lowest BCUT2D eigenvalue weighted by Gasteiger charge is -2.34. The minimum Gasteiger partial charge on any atom is -0.479 e. The van der Waals surface area contributed by atoms with Crippen LogP contribution < -0.4 is 15.0 Å². The largest absolute Gasteiger partial charge is 0.479 e. The molecule has 2 heterocycles. The molecule has 1 N–H and O–H groups in total. The van der Waals surface area contributed by atoms with Crippen molar-refractivity contribution in [1.82, 2.24) is 10.2 Å². The monoisotopic (exact) mass is 373 g/mol. The first-order valence-corrected chi connectivity index (χ1v) is 9.65. The maximum atomic E-state index is 12.8. The summed E-state index contributed by atoms with van der Waals surface area (Å²) in [5.74, 6) is 0.206. The van der Waals surface area contributed by atoms with Crippen molar-refractivity contribution in [2.24, 2.45) is 0 Å². The van der Waals surface area contributed by atoms with Gasteiger partial charge in [0.25, 0.3) is 5.91 Å². The first-order chi connectivity index (χ1) is 13.0. The first-order valence-electron chi connectivity index (χ1n) is 9.65. The molecular formula is C20H27N3O4. The van der Waals surface area contributed by atoms with E-state index < -0.39 is 6.10 Å². The average Bonchev–Trinajstić information content (AvgIpc) is 2.95.